The van der Waals surface area contributed by atoms with Crippen LogP contribution in [0.3, 0.4) is 0 Å². The van der Waals surface area contributed by atoms with Crippen molar-refractivity contribution in [2.24, 2.45) is 0 Å². The van der Waals surface area contributed by atoms with Gasteiger partial charge >= 0.3 is 0 Å². The average Bonchev–Trinajstić information content (AvgIpc) is 2.77. The lowest BCUT2D eigenvalue weighted by molar-refractivity contribution is 0.684. The van der Waals surface area contributed by atoms with Crippen LogP contribution in [0.1, 0.15) is 10.6 Å². The van der Waals surface area contributed by atoms with Crippen LogP contribution < -0.4 is 5.32 Å². The summed E-state index contributed by atoms with van der Waals surface area (Å²) < 4.78 is 0. The Hall–Kier alpha value is -0.840. The lowest BCUT2D eigenvalue weighted by Crippen LogP contribution is -2.11. The molecule has 2 aromatic rings. The van der Waals surface area contributed by atoms with E-state index in [9.17, 15) is 0 Å². The van der Waals surface area contributed by atoms with Gasteiger partial charge in [-0.1, -0.05) is 11.6 Å². The summed E-state index contributed by atoms with van der Waals surface area (Å²) in [6.45, 7) is 1.64. The van der Waals surface area contributed by atoms with Crippen molar-refractivity contribution in [2.75, 3.05) is 0 Å². The molecule has 5 heteroatoms. The molecule has 2 aromatic heterocycles. The zero-order valence-electron chi connectivity index (χ0n) is 7.46. The van der Waals surface area contributed by atoms with Crippen molar-refractivity contribution >= 4 is 22.9 Å². The number of aromatic amines is 1. The van der Waals surface area contributed by atoms with Crippen LogP contribution >= 0.6 is 22.9 Å². The summed E-state index contributed by atoms with van der Waals surface area (Å²) in [4.78, 5) is 1.24. The van der Waals surface area contributed by atoms with Gasteiger partial charge in [0.2, 0.25) is 0 Å². The topological polar surface area (TPSA) is 40.7 Å². The summed E-state index contributed by atoms with van der Waals surface area (Å²) in [5, 5.41) is 12.8. The van der Waals surface area contributed by atoms with Gasteiger partial charge in [-0.2, -0.15) is 5.10 Å². The van der Waals surface area contributed by atoms with E-state index in [-0.39, 0.29) is 0 Å². The number of thiophene rings is 1. The molecule has 0 unspecified atom stereocenters. The van der Waals surface area contributed by atoms with E-state index in [0.29, 0.717) is 0 Å². The van der Waals surface area contributed by atoms with Crippen molar-refractivity contribution in [1.29, 1.82) is 0 Å². The van der Waals surface area contributed by atoms with E-state index in [1.54, 1.807) is 17.5 Å². The minimum atomic E-state index is 0.801. The number of aromatic nitrogens is 2. The normalized spacial score (nSPS) is 10.6. The number of rotatable bonds is 4. The van der Waals surface area contributed by atoms with E-state index >= 15 is 0 Å². The molecule has 74 valence electrons. The Kier molecular flexibility index (Phi) is 3.18. The van der Waals surface area contributed by atoms with E-state index in [1.807, 2.05) is 17.5 Å². The second-order valence-corrected chi connectivity index (χ2v) is 4.35. The highest BCUT2D eigenvalue weighted by atomic mass is 35.5. The van der Waals surface area contributed by atoms with Gasteiger partial charge in [-0.3, -0.25) is 5.10 Å². The van der Waals surface area contributed by atoms with Crippen LogP contribution in [-0.4, -0.2) is 10.2 Å². The Morgan fingerprint density at radius 2 is 2.43 bits per heavy atom. The maximum absolute atomic E-state index is 5.81. The highest BCUT2D eigenvalue weighted by molar-refractivity contribution is 7.10. The van der Waals surface area contributed by atoms with Crippen molar-refractivity contribution in [3.63, 3.8) is 0 Å². The summed E-state index contributed by atoms with van der Waals surface area (Å²) in [6.07, 6.45) is 1.75. The first kappa shape index (κ1) is 9.71. The molecular weight excluding hydrogens is 218 g/mol. The highest BCUT2D eigenvalue weighted by Crippen LogP contribution is 2.18. The third kappa shape index (κ3) is 2.57. The Bertz CT molecular complexity index is 382. The fourth-order valence-corrected chi connectivity index (χ4v) is 2.19. The van der Waals surface area contributed by atoms with Crippen LogP contribution in [0.25, 0.3) is 0 Å². The smallest absolute Gasteiger partial charge is 0.0516 e. The fraction of sp³-hybridized carbons (Fsp3) is 0.222. The average molecular weight is 228 g/mol. The lowest BCUT2D eigenvalue weighted by atomic mass is 10.4. The van der Waals surface area contributed by atoms with E-state index in [0.717, 1.165) is 23.8 Å². The molecule has 0 aliphatic heterocycles. The summed E-state index contributed by atoms with van der Waals surface area (Å²) in [6, 6.07) is 3.93. The van der Waals surface area contributed by atoms with E-state index < -0.39 is 0 Å². The molecule has 0 saturated heterocycles. The molecule has 2 heterocycles. The molecule has 0 amide bonds. The zero-order valence-corrected chi connectivity index (χ0v) is 9.03. The number of hydrogen-bond acceptors (Lipinski definition) is 3. The third-order valence-electron chi connectivity index (χ3n) is 1.79. The molecule has 0 bridgehead atoms. The van der Waals surface area contributed by atoms with Gasteiger partial charge in [0.25, 0.3) is 0 Å². The Labute approximate surface area is 91.1 Å². The molecule has 0 aliphatic rings. The Balaban J connectivity index is 1.78. The van der Waals surface area contributed by atoms with Crippen molar-refractivity contribution in [3.8, 4) is 0 Å². The van der Waals surface area contributed by atoms with Crippen LogP contribution in [0.15, 0.2) is 23.7 Å². The van der Waals surface area contributed by atoms with Gasteiger partial charge in [-0.25, -0.2) is 0 Å². The first-order valence-corrected chi connectivity index (χ1v) is 5.52. The van der Waals surface area contributed by atoms with Gasteiger partial charge in [-0.15, -0.1) is 11.3 Å². The first-order chi connectivity index (χ1) is 6.84. The molecule has 0 aromatic carbocycles. The van der Waals surface area contributed by atoms with Gasteiger partial charge in [0.1, 0.15) is 0 Å². The van der Waals surface area contributed by atoms with Crippen LogP contribution in [0.2, 0.25) is 5.02 Å². The standard InChI is InChI=1S/C9H10ClN3S/c10-7-3-9(14-6-7)5-11-4-8-1-2-12-13-8/h1-3,6,11H,4-5H2,(H,12,13). The molecule has 3 nitrogen and oxygen atoms in total. The number of halogens is 1. The van der Waals surface area contributed by atoms with E-state index in [1.165, 1.54) is 4.88 Å². The van der Waals surface area contributed by atoms with Gasteiger partial charge in [-0.05, 0) is 12.1 Å². The van der Waals surface area contributed by atoms with Gasteiger partial charge in [0.15, 0.2) is 0 Å². The minimum Gasteiger partial charge on any atom is -0.306 e. The molecule has 0 saturated carbocycles. The molecule has 2 rings (SSSR count). The van der Waals surface area contributed by atoms with Crippen molar-refractivity contribution in [2.45, 2.75) is 13.1 Å². The number of nitrogens with one attached hydrogen (secondary N) is 2. The largest absolute Gasteiger partial charge is 0.306 e. The van der Waals surface area contributed by atoms with Gasteiger partial charge in [0.05, 0.1) is 5.02 Å². The van der Waals surface area contributed by atoms with Gasteiger partial charge < -0.3 is 5.32 Å². The number of H-pyrrole nitrogens is 1. The maximum atomic E-state index is 5.81. The fourth-order valence-electron chi connectivity index (χ4n) is 1.15. The maximum Gasteiger partial charge on any atom is 0.0516 e. The number of nitrogens with zero attached hydrogens (tertiary/aromatic N) is 1. The summed E-state index contributed by atoms with van der Waals surface area (Å²) in [5.41, 5.74) is 1.09. The quantitative estimate of drug-likeness (QED) is 0.842. The minimum absolute atomic E-state index is 0.801. The molecular formula is C9H10ClN3S. The predicted molar refractivity (Wildman–Crippen MR) is 58.5 cm³/mol. The molecule has 0 radical (unpaired) electrons. The Morgan fingerprint density at radius 3 is 3.07 bits per heavy atom. The molecule has 14 heavy (non-hydrogen) atoms. The van der Waals surface area contributed by atoms with E-state index in [4.69, 9.17) is 11.6 Å². The summed E-state index contributed by atoms with van der Waals surface area (Å²) in [5.74, 6) is 0. The summed E-state index contributed by atoms with van der Waals surface area (Å²) >= 11 is 7.47. The third-order valence-corrected chi connectivity index (χ3v) is 3.08. The van der Waals surface area contributed by atoms with Crippen molar-refractivity contribution in [1.82, 2.24) is 15.5 Å². The molecule has 0 fully saturated rings. The monoisotopic (exact) mass is 227 g/mol. The predicted octanol–water partition coefficient (Wildman–Crippen LogP) is 2.41. The van der Waals surface area contributed by atoms with Crippen LogP contribution in [0.4, 0.5) is 0 Å². The SMILES string of the molecule is Clc1csc(CNCc2ccn[nH]2)c1. The van der Waals surface area contributed by atoms with Crippen LogP contribution in [0.5, 0.6) is 0 Å². The summed E-state index contributed by atoms with van der Waals surface area (Å²) in [7, 11) is 0. The molecule has 0 spiro atoms. The molecule has 0 aliphatic carbocycles. The molecule has 0 atom stereocenters. The first-order valence-electron chi connectivity index (χ1n) is 4.26. The van der Waals surface area contributed by atoms with E-state index in [2.05, 4.69) is 15.5 Å². The lowest BCUT2D eigenvalue weighted by Gasteiger charge is -1.99. The second-order valence-electron chi connectivity index (χ2n) is 2.92. The number of hydrogen-bond donors (Lipinski definition) is 2. The molecule has 2 N–H and O–H groups in total. The Morgan fingerprint density at radius 1 is 1.50 bits per heavy atom. The van der Waals surface area contributed by atoms with Crippen LogP contribution in [-0.2, 0) is 13.1 Å². The highest BCUT2D eigenvalue weighted by Gasteiger charge is 1.97. The van der Waals surface area contributed by atoms with Crippen molar-refractivity contribution < 1.29 is 0 Å². The second kappa shape index (κ2) is 4.59. The van der Waals surface area contributed by atoms with Gasteiger partial charge in [0, 0.05) is 35.2 Å². The zero-order chi connectivity index (χ0) is 9.80. The van der Waals surface area contributed by atoms with Crippen LogP contribution in [0, 0.1) is 0 Å². The van der Waals surface area contributed by atoms with Crippen molar-refractivity contribution in [3.05, 3.63) is 39.3 Å².